The van der Waals surface area contributed by atoms with E-state index in [-0.39, 0.29) is 18.4 Å². The molecule has 0 saturated carbocycles. The normalized spacial score (nSPS) is 22.9. The second kappa shape index (κ2) is 8.98. The molecule has 0 N–H and O–H groups in total. The largest absolute Gasteiger partial charge is 0.356 e. The number of piperazine rings is 1. The predicted octanol–water partition coefficient (Wildman–Crippen LogP) is 2.24. The SMILES string of the molecule is Cc1ccc([C@@H]2[C@@H](C(=O)N3CCN(Cc4ccccc4)CC3)OCC(=O)N2C)cc1. The first-order chi connectivity index (χ1) is 14.5. The second-order valence-corrected chi connectivity index (χ2v) is 8.18. The van der Waals surface area contributed by atoms with Gasteiger partial charge in [-0.15, -0.1) is 0 Å². The highest BCUT2D eigenvalue weighted by Gasteiger charge is 2.42. The molecule has 2 aliphatic rings. The highest BCUT2D eigenvalue weighted by atomic mass is 16.5. The molecule has 158 valence electrons. The highest BCUT2D eigenvalue weighted by Crippen LogP contribution is 2.30. The number of carbonyl (C=O) groups excluding carboxylic acids is 2. The zero-order chi connectivity index (χ0) is 21.1. The van der Waals surface area contributed by atoms with Crippen molar-refractivity contribution in [2.24, 2.45) is 0 Å². The van der Waals surface area contributed by atoms with E-state index in [4.69, 9.17) is 4.74 Å². The van der Waals surface area contributed by atoms with Crippen LogP contribution < -0.4 is 0 Å². The number of hydrogen-bond donors (Lipinski definition) is 0. The third-order valence-electron chi connectivity index (χ3n) is 6.08. The van der Waals surface area contributed by atoms with Crippen molar-refractivity contribution < 1.29 is 14.3 Å². The Labute approximate surface area is 178 Å². The molecule has 2 aliphatic heterocycles. The maximum Gasteiger partial charge on any atom is 0.254 e. The van der Waals surface area contributed by atoms with Gasteiger partial charge in [0.1, 0.15) is 6.61 Å². The minimum Gasteiger partial charge on any atom is -0.356 e. The minimum atomic E-state index is -0.670. The number of amides is 2. The number of likely N-dealkylation sites (N-methyl/N-ethyl adjacent to an activating group) is 1. The van der Waals surface area contributed by atoms with E-state index in [1.807, 2.05) is 42.2 Å². The van der Waals surface area contributed by atoms with Gasteiger partial charge < -0.3 is 14.5 Å². The van der Waals surface area contributed by atoms with E-state index in [2.05, 4.69) is 29.2 Å². The first-order valence-electron chi connectivity index (χ1n) is 10.5. The van der Waals surface area contributed by atoms with Gasteiger partial charge in [-0.3, -0.25) is 14.5 Å². The molecule has 0 bridgehead atoms. The Morgan fingerprint density at radius 1 is 1.00 bits per heavy atom. The topological polar surface area (TPSA) is 53.1 Å². The minimum absolute atomic E-state index is 0.0284. The van der Waals surface area contributed by atoms with Crippen LogP contribution in [0.4, 0.5) is 0 Å². The molecule has 0 spiro atoms. The molecule has 30 heavy (non-hydrogen) atoms. The van der Waals surface area contributed by atoms with Crippen molar-refractivity contribution in [3.63, 3.8) is 0 Å². The van der Waals surface area contributed by atoms with Crippen LogP contribution in [0.1, 0.15) is 22.7 Å². The molecule has 0 unspecified atom stereocenters. The van der Waals surface area contributed by atoms with Crippen LogP contribution in [0.2, 0.25) is 0 Å². The third kappa shape index (κ3) is 4.40. The molecule has 2 aromatic carbocycles. The lowest BCUT2D eigenvalue weighted by Gasteiger charge is -2.42. The van der Waals surface area contributed by atoms with Crippen LogP contribution in [0.25, 0.3) is 0 Å². The van der Waals surface area contributed by atoms with E-state index in [1.54, 1.807) is 11.9 Å². The summed E-state index contributed by atoms with van der Waals surface area (Å²) in [6, 6.07) is 18.0. The molecule has 2 saturated heterocycles. The van der Waals surface area contributed by atoms with Gasteiger partial charge in [-0.25, -0.2) is 0 Å². The van der Waals surface area contributed by atoms with Crippen LogP contribution in [0, 0.1) is 6.92 Å². The van der Waals surface area contributed by atoms with Gasteiger partial charge in [-0.1, -0.05) is 60.2 Å². The molecule has 6 heteroatoms. The summed E-state index contributed by atoms with van der Waals surface area (Å²) in [4.78, 5) is 31.6. The van der Waals surface area contributed by atoms with Gasteiger partial charge in [0.15, 0.2) is 6.10 Å². The van der Waals surface area contributed by atoms with Crippen LogP contribution >= 0.6 is 0 Å². The summed E-state index contributed by atoms with van der Waals surface area (Å²) in [5.74, 6) is -0.128. The average Bonchev–Trinajstić information content (AvgIpc) is 2.77. The van der Waals surface area contributed by atoms with Crippen molar-refractivity contribution in [1.82, 2.24) is 14.7 Å². The number of aryl methyl sites for hydroxylation is 1. The van der Waals surface area contributed by atoms with Gasteiger partial charge in [0, 0.05) is 39.8 Å². The smallest absolute Gasteiger partial charge is 0.254 e. The maximum absolute atomic E-state index is 13.4. The van der Waals surface area contributed by atoms with Gasteiger partial charge >= 0.3 is 0 Å². The third-order valence-corrected chi connectivity index (χ3v) is 6.08. The molecular formula is C24H29N3O3. The Kier molecular flexibility index (Phi) is 6.16. The molecule has 6 nitrogen and oxygen atoms in total. The quantitative estimate of drug-likeness (QED) is 0.780. The Morgan fingerprint density at radius 3 is 2.33 bits per heavy atom. The van der Waals surface area contributed by atoms with Crippen LogP contribution in [0.15, 0.2) is 54.6 Å². The van der Waals surface area contributed by atoms with Gasteiger partial charge in [0.2, 0.25) is 5.91 Å². The van der Waals surface area contributed by atoms with E-state index in [9.17, 15) is 9.59 Å². The summed E-state index contributed by atoms with van der Waals surface area (Å²) in [7, 11) is 1.76. The van der Waals surface area contributed by atoms with E-state index >= 15 is 0 Å². The predicted molar refractivity (Wildman–Crippen MR) is 115 cm³/mol. The summed E-state index contributed by atoms with van der Waals surface area (Å²) < 4.78 is 5.80. The molecular weight excluding hydrogens is 378 g/mol. The van der Waals surface area contributed by atoms with Crippen molar-refractivity contribution in [2.45, 2.75) is 25.6 Å². The molecule has 2 heterocycles. The van der Waals surface area contributed by atoms with E-state index in [1.165, 1.54) is 5.56 Å². The molecule has 2 atom stereocenters. The van der Waals surface area contributed by atoms with Crippen LogP contribution in [0.5, 0.6) is 0 Å². The average molecular weight is 408 g/mol. The number of nitrogens with zero attached hydrogens (tertiary/aromatic N) is 3. The molecule has 2 aromatic rings. The zero-order valence-electron chi connectivity index (χ0n) is 17.7. The fourth-order valence-electron chi connectivity index (χ4n) is 4.23. The lowest BCUT2D eigenvalue weighted by Crippen LogP contribution is -2.57. The lowest BCUT2D eigenvalue weighted by atomic mass is 9.96. The monoisotopic (exact) mass is 407 g/mol. The highest BCUT2D eigenvalue weighted by molar-refractivity contribution is 5.86. The number of carbonyl (C=O) groups is 2. The van der Waals surface area contributed by atoms with Crippen LogP contribution in [-0.2, 0) is 20.9 Å². The van der Waals surface area contributed by atoms with E-state index in [0.717, 1.165) is 30.8 Å². The fourth-order valence-corrected chi connectivity index (χ4v) is 4.23. The summed E-state index contributed by atoms with van der Waals surface area (Å²) in [5.41, 5.74) is 3.35. The number of benzene rings is 2. The Balaban J connectivity index is 1.43. The zero-order valence-corrected chi connectivity index (χ0v) is 17.7. The van der Waals surface area contributed by atoms with Crippen molar-refractivity contribution in [2.75, 3.05) is 39.8 Å². The van der Waals surface area contributed by atoms with Gasteiger partial charge in [0.25, 0.3) is 5.91 Å². The van der Waals surface area contributed by atoms with Crippen LogP contribution in [0.3, 0.4) is 0 Å². The Bertz CT molecular complexity index is 876. The Morgan fingerprint density at radius 2 is 1.67 bits per heavy atom. The molecule has 0 aromatic heterocycles. The number of rotatable bonds is 4. The van der Waals surface area contributed by atoms with E-state index in [0.29, 0.717) is 13.1 Å². The number of hydrogen-bond acceptors (Lipinski definition) is 4. The van der Waals surface area contributed by atoms with Crippen molar-refractivity contribution in [3.8, 4) is 0 Å². The van der Waals surface area contributed by atoms with Crippen molar-refractivity contribution in [1.29, 1.82) is 0 Å². The molecule has 2 amide bonds. The van der Waals surface area contributed by atoms with Gasteiger partial charge in [-0.2, -0.15) is 0 Å². The standard InChI is InChI=1S/C24H29N3O3/c1-18-8-10-20(11-9-18)22-23(30-17-21(28)25(22)2)24(29)27-14-12-26(13-15-27)16-19-6-4-3-5-7-19/h3-11,22-23H,12-17H2,1-2H3/t22-,23+/m1/s1. The molecule has 2 fully saturated rings. The maximum atomic E-state index is 13.4. The summed E-state index contributed by atoms with van der Waals surface area (Å²) >= 11 is 0. The number of ether oxygens (including phenoxy) is 1. The molecule has 4 rings (SSSR count). The Hall–Kier alpha value is -2.70. The lowest BCUT2D eigenvalue weighted by molar-refractivity contribution is -0.168. The summed E-state index contributed by atoms with van der Waals surface area (Å²) in [5, 5.41) is 0. The number of morpholine rings is 1. The molecule has 0 aliphatic carbocycles. The first kappa shape index (κ1) is 20.6. The van der Waals surface area contributed by atoms with E-state index < -0.39 is 12.1 Å². The van der Waals surface area contributed by atoms with Crippen molar-refractivity contribution in [3.05, 3.63) is 71.3 Å². The summed E-state index contributed by atoms with van der Waals surface area (Å²) in [6.07, 6.45) is -0.670. The molecule has 0 radical (unpaired) electrons. The second-order valence-electron chi connectivity index (χ2n) is 8.18. The van der Waals surface area contributed by atoms with Gasteiger partial charge in [0.05, 0.1) is 6.04 Å². The van der Waals surface area contributed by atoms with Crippen LogP contribution in [-0.4, -0.2) is 72.5 Å². The summed E-state index contributed by atoms with van der Waals surface area (Å²) in [6.45, 7) is 5.87. The van der Waals surface area contributed by atoms with Crippen molar-refractivity contribution >= 4 is 11.8 Å². The van der Waals surface area contributed by atoms with Gasteiger partial charge in [-0.05, 0) is 18.1 Å². The first-order valence-corrected chi connectivity index (χ1v) is 10.5. The fraction of sp³-hybridized carbons (Fsp3) is 0.417.